The zero-order valence-corrected chi connectivity index (χ0v) is 10.6. The molecule has 0 saturated carbocycles. The number of nitrogens with two attached hydrogens (primary N) is 2. The molecule has 0 aliphatic heterocycles. The Bertz CT molecular complexity index is 518. The lowest BCUT2D eigenvalue weighted by atomic mass is 10.1. The number of nitrogens with zero attached hydrogens (tertiary/aromatic N) is 1. The minimum absolute atomic E-state index is 0.00470. The van der Waals surface area contributed by atoms with Crippen LogP contribution in [0.15, 0.2) is 24.3 Å². The molecule has 0 radical (unpaired) electrons. The molecule has 0 fully saturated rings. The lowest BCUT2D eigenvalue weighted by Crippen LogP contribution is -2.46. The van der Waals surface area contributed by atoms with Gasteiger partial charge in [-0.25, -0.2) is 15.2 Å². The minimum Gasteiger partial charge on any atom is -0.351 e. The van der Waals surface area contributed by atoms with Crippen molar-refractivity contribution in [3.63, 3.8) is 0 Å². The van der Waals surface area contributed by atoms with E-state index in [2.05, 4.69) is 0 Å². The Morgan fingerprint density at radius 3 is 2.19 bits per heavy atom. The van der Waals surface area contributed by atoms with Crippen molar-refractivity contribution in [1.82, 2.24) is 5.48 Å². The third-order valence-electron chi connectivity index (χ3n) is 2.57. The summed E-state index contributed by atoms with van der Waals surface area (Å²) in [5, 5.41) is 8.39. The van der Waals surface area contributed by atoms with Gasteiger partial charge < -0.3 is 11.5 Å². The molecule has 10 heteroatoms. The average molecular weight is 306 g/mol. The summed E-state index contributed by atoms with van der Waals surface area (Å²) >= 11 is 0. The number of urea groups is 1. The second kappa shape index (κ2) is 6.41. The highest BCUT2D eigenvalue weighted by molar-refractivity contribution is 5.91. The number of alkyl halides is 3. The van der Waals surface area contributed by atoms with Crippen LogP contribution in [0.1, 0.15) is 5.56 Å². The number of rotatable bonds is 4. The van der Waals surface area contributed by atoms with Crippen LogP contribution in [-0.2, 0) is 11.2 Å². The summed E-state index contributed by atoms with van der Waals surface area (Å²) in [6.07, 6.45) is -4.95. The summed E-state index contributed by atoms with van der Waals surface area (Å²) in [6, 6.07) is 1.86. The first-order valence-corrected chi connectivity index (χ1v) is 5.61. The van der Waals surface area contributed by atoms with Gasteiger partial charge in [0.25, 0.3) is 5.91 Å². The van der Waals surface area contributed by atoms with Gasteiger partial charge in [-0.1, -0.05) is 12.1 Å². The Labute approximate surface area is 117 Å². The lowest BCUT2D eigenvalue weighted by Gasteiger charge is -2.23. The van der Waals surface area contributed by atoms with Crippen LogP contribution in [0.3, 0.4) is 0 Å². The van der Waals surface area contributed by atoms with Gasteiger partial charge >= 0.3 is 12.3 Å². The van der Waals surface area contributed by atoms with E-state index < -0.39 is 34.9 Å². The van der Waals surface area contributed by atoms with Gasteiger partial charge in [0.05, 0.1) is 11.7 Å². The number of benzene rings is 1. The van der Waals surface area contributed by atoms with Gasteiger partial charge in [0.2, 0.25) is 0 Å². The van der Waals surface area contributed by atoms with E-state index in [0.717, 1.165) is 12.1 Å². The second-order valence-electron chi connectivity index (χ2n) is 4.09. The third-order valence-corrected chi connectivity index (χ3v) is 2.57. The van der Waals surface area contributed by atoms with Gasteiger partial charge in [0.1, 0.15) is 0 Å². The molecule has 1 aromatic rings. The topological polar surface area (TPSA) is 122 Å². The van der Waals surface area contributed by atoms with Crippen LogP contribution in [0.4, 0.5) is 23.7 Å². The maximum absolute atomic E-state index is 12.6. The first-order valence-electron chi connectivity index (χ1n) is 5.61. The van der Waals surface area contributed by atoms with Crippen molar-refractivity contribution in [3.8, 4) is 0 Å². The first kappa shape index (κ1) is 16.7. The fourth-order valence-electron chi connectivity index (χ4n) is 1.61. The monoisotopic (exact) mass is 306 g/mol. The standard InChI is InChI=1S/C11H13F3N4O3/c12-11(13,14)18(10(16)20)7-3-1-6(2-4-7)5-8(15)9(19)17-21/h1-4,8,21H,5,15H2,(H2,16,20)(H,17,19)/t8-/m0/s1. The van der Waals surface area contributed by atoms with Crippen molar-refractivity contribution >= 4 is 17.6 Å². The number of hydrogen-bond donors (Lipinski definition) is 4. The highest BCUT2D eigenvalue weighted by atomic mass is 19.4. The number of primary amides is 1. The number of halogens is 3. The molecule has 6 N–H and O–H groups in total. The van der Waals surface area contributed by atoms with Crippen LogP contribution in [-0.4, -0.2) is 29.5 Å². The fraction of sp³-hybridized carbons (Fsp3) is 0.273. The molecule has 0 unspecified atom stereocenters. The van der Waals surface area contributed by atoms with Crippen molar-refractivity contribution in [2.45, 2.75) is 18.8 Å². The molecule has 21 heavy (non-hydrogen) atoms. The number of hydrogen-bond acceptors (Lipinski definition) is 4. The molecule has 1 atom stereocenters. The van der Waals surface area contributed by atoms with Crippen molar-refractivity contribution in [2.24, 2.45) is 11.5 Å². The molecule has 0 bridgehead atoms. The summed E-state index contributed by atoms with van der Waals surface area (Å²) < 4.78 is 37.9. The van der Waals surface area contributed by atoms with Gasteiger partial charge in [-0.15, -0.1) is 13.2 Å². The summed E-state index contributed by atoms with van der Waals surface area (Å²) in [6.45, 7) is 0. The van der Waals surface area contributed by atoms with E-state index in [9.17, 15) is 22.8 Å². The average Bonchev–Trinajstić information content (AvgIpc) is 2.37. The number of amides is 3. The van der Waals surface area contributed by atoms with Crippen molar-refractivity contribution in [1.29, 1.82) is 0 Å². The van der Waals surface area contributed by atoms with Crippen LogP contribution < -0.4 is 21.8 Å². The number of hydroxylamine groups is 1. The summed E-state index contributed by atoms with van der Waals surface area (Å²) in [4.78, 5) is 21.4. The zero-order chi connectivity index (χ0) is 16.2. The van der Waals surface area contributed by atoms with E-state index in [1.54, 1.807) is 0 Å². The van der Waals surface area contributed by atoms with E-state index in [1.807, 2.05) is 0 Å². The lowest BCUT2D eigenvalue weighted by molar-refractivity contribution is -0.130. The maximum atomic E-state index is 12.6. The van der Waals surface area contributed by atoms with Crippen molar-refractivity contribution in [2.75, 3.05) is 4.90 Å². The molecule has 7 nitrogen and oxygen atoms in total. The van der Waals surface area contributed by atoms with Crippen LogP contribution in [0.2, 0.25) is 0 Å². The van der Waals surface area contributed by atoms with Crippen molar-refractivity contribution < 1.29 is 28.0 Å². The van der Waals surface area contributed by atoms with E-state index >= 15 is 0 Å². The van der Waals surface area contributed by atoms with Gasteiger partial charge in [-0.05, 0) is 24.1 Å². The summed E-state index contributed by atoms with van der Waals surface area (Å²) in [5.74, 6) is -0.826. The number of anilines is 1. The minimum atomic E-state index is -4.94. The first-order chi connectivity index (χ1) is 9.66. The van der Waals surface area contributed by atoms with E-state index in [4.69, 9.17) is 16.7 Å². The molecular formula is C11H13F3N4O3. The van der Waals surface area contributed by atoms with Gasteiger partial charge in [-0.2, -0.15) is 0 Å². The number of carbonyl (C=O) groups excluding carboxylic acids is 2. The highest BCUT2D eigenvalue weighted by Crippen LogP contribution is 2.28. The molecule has 0 heterocycles. The molecule has 0 saturated heterocycles. The predicted molar refractivity (Wildman–Crippen MR) is 66.2 cm³/mol. The zero-order valence-electron chi connectivity index (χ0n) is 10.6. The predicted octanol–water partition coefficient (Wildman–Crippen LogP) is 0.467. The Hall–Kier alpha value is -2.33. The molecule has 116 valence electrons. The van der Waals surface area contributed by atoms with Crippen LogP contribution in [0, 0.1) is 0 Å². The SMILES string of the molecule is NC(=O)N(c1ccc(C[C@H](N)C(=O)NO)cc1)C(F)(F)F. The van der Waals surface area contributed by atoms with E-state index in [0.29, 0.717) is 5.56 Å². The Balaban J connectivity index is 2.91. The molecule has 1 aromatic carbocycles. The largest absolute Gasteiger partial charge is 0.493 e. The van der Waals surface area contributed by atoms with Crippen LogP contribution in [0.5, 0.6) is 0 Å². The van der Waals surface area contributed by atoms with E-state index in [1.165, 1.54) is 17.6 Å². The quantitative estimate of drug-likeness (QED) is 0.367. The van der Waals surface area contributed by atoms with Gasteiger partial charge in [0, 0.05) is 0 Å². The number of nitrogens with one attached hydrogen (secondary N) is 1. The Morgan fingerprint density at radius 2 is 1.81 bits per heavy atom. The molecule has 0 aliphatic carbocycles. The molecular weight excluding hydrogens is 293 g/mol. The summed E-state index contributed by atoms with van der Waals surface area (Å²) in [7, 11) is 0. The smallest absolute Gasteiger partial charge is 0.351 e. The highest BCUT2D eigenvalue weighted by Gasteiger charge is 2.41. The Morgan fingerprint density at radius 1 is 1.29 bits per heavy atom. The number of carbonyl (C=O) groups is 2. The van der Waals surface area contributed by atoms with Crippen LogP contribution in [0.25, 0.3) is 0 Å². The molecule has 1 rings (SSSR count). The second-order valence-corrected chi connectivity index (χ2v) is 4.09. The van der Waals surface area contributed by atoms with E-state index in [-0.39, 0.29) is 6.42 Å². The third kappa shape index (κ3) is 4.33. The molecule has 0 spiro atoms. The van der Waals surface area contributed by atoms with Crippen LogP contribution >= 0.6 is 0 Å². The maximum Gasteiger partial charge on any atom is 0.493 e. The molecule has 0 aromatic heterocycles. The van der Waals surface area contributed by atoms with Crippen molar-refractivity contribution in [3.05, 3.63) is 29.8 Å². The molecule has 0 aliphatic rings. The summed E-state index contributed by atoms with van der Waals surface area (Å²) in [5.41, 5.74) is 11.5. The fourth-order valence-corrected chi connectivity index (χ4v) is 1.61. The van der Waals surface area contributed by atoms with Gasteiger partial charge in [0.15, 0.2) is 0 Å². The Kier molecular flexibility index (Phi) is 5.11. The van der Waals surface area contributed by atoms with Gasteiger partial charge in [-0.3, -0.25) is 10.0 Å². The normalized spacial score (nSPS) is 12.6. The molecule has 3 amide bonds.